The summed E-state index contributed by atoms with van der Waals surface area (Å²) in [5, 5.41) is 6.11. The Morgan fingerprint density at radius 1 is 0.327 bits per heavy atom. The van der Waals surface area contributed by atoms with E-state index >= 15 is 0 Å². The van der Waals surface area contributed by atoms with E-state index in [9.17, 15) is 0 Å². The first-order valence-corrected chi connectivity index (χ1v) is 19.0. The lowest BCUT2D eigenvalue weighted by Crippen LogP contribution is -2.26. The molecule has 2 aliphatic rings. The van der Waals surface area contributed by atoms with E-state index in [-0.39, 0.29) is 0 Å². The lowest BCUT2D eigenvalue weighted by atomic mass is 9.69. The van der Waals surface area contributed by atoms with Gasteiger partial charge in [0.05, 0.1) is 16.6 Å². The van der Waals surface area contributed by atoms with Crippen LogP contribution in [-0.4, -0.2) is 9.97 Å². The van der Waals surface area contributed by atoms with Crippen LogP contribution in [0.25, 0.3) is 88.5 Å². The quantitative estimate of drug-likeness (QED) is 0.184. The molecule has 2 aliphatic carbocycles. The highest BCUT2D eigenvalue weighted by Gasteiger charge is 2.52. The summed E-state index contributed by atoms with van der Waals surface area (Å²) < 4.78 is 0. The van der Waals surface area contributed by atoms with E-state index < -0.39 is 5.41 Å². The molecule has 2 heteroatoms. The molecule has 9 aromatic carbocycles. The van der Waals surface area contributed by atoms with Crippen LogP contribution in [0.1, 0.15) is 22.3 Å². The molecule has 55 heavy (non-hydrogen) atoms. The molecule has 2 nitrogen and oxygen atoms in total. The van der Waals surface area contributed by atoms with Gasteiger partial charge in [0.25, 0.3) is 0 Å². The van der Waals surface area contributed by atoms with Crippen molar-refractivity contribution in [2.75, 3.05) is 0 Å². The van der Waals surface area contributed by atoms with Crippen LogP contribution in [0.2, 0.25) is 0 Å². The van der Waals surface area contributed by atoms with Crippen LogP contribution in [-0.2, 0) is 5.41 Å². The number of aromatic nitrogens is 2. The van der Waals surface area contributed by atoms with Gasteiger partial charge in [-0.05, 0) is 108 Å². The average Bonchev–Trinajstić information content (AvgIpc) is 3.72. The minimum Gasteiger partial charge on any atom is -0.228 e. The van der Waals surface area contributed by atoms with Crippen molar-refractivity contribution in [1.29, 1.82) is 0 Å². The van der Waals surface area contributed by atoms with E-state index in [1.165, 1.54) is 71.6 Å². The number of benzene rings is 9. The molecule has 0 radical (unpaired) electrons. The number of hydrogen-bond acceptors (Lipinski definition) is 2. The van der Waals surface area contributed by atoms with Gasteiger partial charge in [0.1, 0.15) is 0 Å². The predicted octanol–water partition coefficient (Wildman–Crippen LogP) is 13.3. The van der Waals surface area contributed by atoms with Gasteiger partial charge < -0.3 is 0 Å². The van der Waals surface area contributed by atoms with Crippen molar-refractivity contribution in [3.8, 4) is 56.0 Å². The Labute approximate surface area is 319 Å². The summed E-state index contributed by atoms with van der Waals surface area (Å²) in [5.41, 5.74) is 16.6. The topological polar surface area (TPSA) is 25.8 Å². The van der Waals surface area contributed by atoms with E-state index in [4.69, 9.17) is 9.97 Å². The van der Waals surface area contributed by atoms with Crippen LogP contribution in [0, 0.1) is 0 Å². The molecule has 12 rings (SSSR count). The molecule has 0 amide bonds. The van der Waals surface area contributed by atoms with Gasteiger partial charge in [0.15, 0.2) is 5.82 Å². The molecule has 0 N–H and O–H groups in total. The molecule has 1 aromatic heterocycles. The highest BCUT2D eigenvalue weighted by Crippen LogP contribution is 2.64. The van der Waals surface area contributed by atoms with E-state index in [1.807, 2.05) is 12.1 Å². The Bertz CT molecular complexity index is 3170. The summed E-state index contributed by atoms with van der Waals surface area (Å²) >= 11 is 0. The minimum absolute atomic E-state index is 0.424. The molecule has 0 bridgehead atoms. The highest BCUT2D eigenvalue weighted by atomic mass is 14.9. The minimum atomic E-state index is -0.424. The summed E-state index contributed by atoms with van der Waals surface area (Å²) in [6, 6.07) is 70.9. The maximum atomic E-state index is 5.17. The first-order valence-electron chi connectivity index (χ1n) is 19.0. The van der Waals surface area contributed by atoms with Gasteiger partial charge in [0.2, 0.25) is 0 Å². The van der Waals surface area contributed by atoms with Gasteiger partial charge in [-0.1, -0.05) is 164 Å². The summed E-state index contributed by atoms with van der Waals surface area (Å²) in [6.45, 7) is 0. The van der Waals surface area contributed by atoms with Crippen LogP contribution in [0.3, 0.4) is 0 Å². The monoisotopic (exact) mass is 696 g/mol. The second kappa shape index (κ2) is 11.4. The third-order valence-corrected chi connectivity index (χ3v) is 12.0. The molecule has 0 unspecified atom stereocenters. The fourth-order valence-electron chi connectivity index (χ4n) is 9.70. The first-order chi connectivity index (χ1) is 27.3. The van der Waals surface area contributed by atoms with E-state index in [1.54, 1.807) is 0 Å². The Morgan fingerprint density at radius 3 is 1.80 bits per heavy atom. The van der Waals surface area contributed by atoms with Crippen molar-refractivity contribution in [1.82, 2.24) is 9.97 Å². The number of fused-ring (bicyclic) bond motifs is 14. The average molecular weight is 697 g/mol. The Balaban J connectivity index is 1.06. The van der Waals surface area contributed by atoms with Crippen molar-refractivity contribution < 1.29 is 0 Å². The molecule has 1 heterocycles. The molecular formula is C53H32N2. The summed E-state index contributed by atoms with van der Waals surface area (Å²) in [4.78, 5) is 10.2. The highest BCUT2D eigenvalue weighted by molar-refractivity contribution is 6.07. The van der Waals surface area contributed by atoms with Crippen LogP contribution in [0.5, 0.6) is 0 Å². The number of nitrogens with zero attached hydrogens (tertiary/aromatic N) is 2. The fourth-order valence-corrected chi connectivity index (χ4v) is 9.70. The largest absolute Gasteiger partial charge is 0.228 e. The second-order valence-corrected chi connectivity index (χ2v) is 14.9. The zero-order chi connectivity index (χ0) is 36.1. The van der Waals surface area contributed by atoms with Crippen molar-refractivity contribution >= 4 is 32.4 Å². The Morgan fingerprint density at radius 2 is 0.982 bits per heavy atom. The van der Waals surface area contributed by atoms with Gasteiger partial charge >= 0.3 is 0 Å². The summed E-state index contributed by atoms with van der Waals surface area (Å²) in [5.74, 6) is 0.726. The summed E-state index contributed by atoms with van der Waals surface area (Å²) in [6.07, 6.45) is 0. The Hall–Kier alpha value is -7.16. The van der Waals surface area contributed by atoms with Crippen molar-refractivity contribution in [2.45, 2.75) is 5.41 Å². The smallest absolute Gasteiger partial charge is 0.160 e. The molecule has 10 aromatic rings. The molecule has 254 valence electrons. The zero-order valence-corrected chi connectivity index (χ0v) is 29.9. The normalized spacial score (nSPS) is 13.2. The van der Waals surface area contributed by atoms with Crippen LogP contribution < -0.4 is 0 Å². The third kappa shape index (κ3) is 4.25. The van der Waals surface area contributed by atoms with Gasteiger partial charge in [-0.2, -0.15) is 0 Å². The standard InChI is InChI=1S/C53H32N2/c1-2-13-33(14-3-1)51-44-21-8-11-24-49(44)54-52(55-51)39-18-12-17-34(30-39)37-25-27-40-38(29-37)26-28-43-45-31-35-15-4-5-16-36(35)32-48(45)53(50(40)43)46-22-9-6-19-41(46)42-20-7-10-23-47(42)53/h1-32H. The zero-order valence-electron chi connectivity index (χ0n) is 29.9. The van der Waals surface area contributed by atoms with E-state index in [0.29, 0.717) is 0 Å². The summed E-state index contributed by atoms with van der Waals surface area (Å²) in [7, 11) is 0. The van der Waals surface area contributed by atoms with Crippen LogP contribution >= 0.6 is 0 Å². The van der Waals surface area contributed by atoms with E-state index in [2.05, 4.69) is 182 Å². The van der Waals surface area contributed by atoms with E-state index in [0.717, 1.165) is 39.1 Å². The molecule has 0 atom stereocenters. The maximum absolute atomic E-state index is 5.17. The molecule has 0 saturated carbocycles. The number of para-hydroxylation sites is 1. The number of hydrogen-bond donors (Lipinski definition) is 0. The lowest BCUT2D eigenvalue weighted by molar-refractivity contribution is 0.802. The fraction of sp³-hybridized carbons (Fsp3) is 0.0189. The maximum Gasteiger partial charge on any atom is 0.160 e. The third-order valence-electron chi connectivity index (χ3n) is 12.0. The van der Waals surface area contributed by atoms with Gasteiger partial charge in [-0.15, -0.1) is 0 Å². The second-order valence-electron chi connectivity index (χ2n) is 14.9. The molecule has 1 spiro atoms. The molecule has 0 fully saturated rings. The van der Waals surface area contributed by atoms with Gasteiger partial charge in [-0.25, -0.2) is 9.97 Å². The SMILES string of the molecule is c1ccc(-c2nc(-c3cccc(-c4ccc5c6c(ccc5c4)-c4cc5ccccc5cc4C64c5ccccc5-c5ccccc54)c3)nc3ccccc23)cc1. The van der Waals surface area contributed by atoms with Crippen molar-refractivity contribution in [3.63, 3.8) is 0 Å². The molecular weight excluding hydrogens is 665 g/mol. The van der Waals surface area contributed by atoms with Crippen molar-refractivity contribution in [2.24, 2.45) is 0 Å². The number of rotatable bonds is 3. The Kier molecular flexibility index (Phi) is 6.29. The van der Waals surface area contributed by atoms with Crippen molar-refractivity contribution in [3.05, 3.63) is 216 Å². The molecule has 0 saturated heterocycles. The van der Waals surface area contributed by atoms with Crippen LogP contribution in [0.15, 0.2) is 194 Å². The first kappa shape index (κ1) is 30.3. The van der Waals surface area contributed by atoms with Gasteiger partial charge in [-0.3, -0.25) is 0 Å². The lowest BCUT2D eigenvalue weighted by Gasteiger charge is -2.31. The van der Waals surface area contributed by atoms with Gasteiger partial charge in [0, 0.05) is 16.5 Å². The predicted molar refractivity (Wildman–Crippen MR) is 227 cm³/mol. The molecule has 0 aliphatic heterocycles. The van der Waals surface area contributed by atoms with Crippen LogP contribution in [0.4, 0.5) is 0 Å².